The van der Waals surface area contributed by atoms with Crippen LogP contribution >= 0.6 is 0 Å². The van der Waals surface area contributed by atoms with Crippen molar-refractivity contribution in [3.63, 3.8) is 0 Å². The van der Waals surface area contributed by atoms with Crippen LogP contribution < -0.4 is 0 Å². The van der Waals surface area contributed by atoms with E-state index in [-0.39, 0.29) is 11.8 Å². The van der Waals surface area contributed by atoms with Crippen LogP contribution in [0.4, 0.5) is 0 Å². The number of carbonyl (C=O) groups excluding carboxylic acids is 1. The molecule has 2 aromatic carbocycles. The van der Waals surface area contributed by atoms with Gasteiger partial charge >= 0.3 is 0 Å². The van der Waals surface area contributed by atoms with E-state index in [1.165, 1.54) is 0 Å². The molecule has 1 aliphatic heterocycles. The molecule has 0 N–H and O–H groups in total. The van der Waals surface area contributed by atoms with Gasteiger partial charge in [-0.05, 0) is 56.8 Å². The Morgan fingerprint density at radius 1 is 0.926 bits per heavy atom. The lowest BCUT2D eigenvalue weighted by Crippen LogP contribution is -2.53. The number of carbonyl (C=O) groups is 1. The van der Waals surface area contributed by atoms with Crippen molar-refractivity contribution >= 4 is 5.91 Å². The van der Waals surface area contributed by atoms with Gasteiger partial charge in [0.1, 0.15) is 5.41 Å². The zero-order chi connectivity index (χ0) is 19.4. The van der Waals surface area contributed by atoms with Gasteiger partial charge in [-0.15, -0.1) is 0 Å². The van der Waals surface area contributed by atoms with E-state index in [0.29, 0.717) is 6.04 Å². The molecular weight excluding hydrogens is 332 g/mol. The number of hydrogen-bond acceptors (Lipinski definition) is 2. The number of likely N-dealkylation sites (N-methyl/N-ethyl adjacent to an activating group) is 1. The quantitative estimate of drug-likeness (QED) is 0.794. The fourth-order valence-electron chi connectivity index (χ4n) is 4.66. The van der Waals surface area contributed by atoms with Crippen LogP contribution in [0.1, 0.15) is 37.8 Å². The van der Waals surface area contributed by atoms with Gasteiger partial charge in [-0.3, -0.25) is 4.79 Å². The number of rotatable bonds is 5. The molecule has 0 aliphatic carbocycles. The lowest BCUT2D eigenvalue weighted by atomic mass is 9.62. The Morgan fingerprint density at radius 3 is 1.74 bits per heavy atom. The Bertz CT molecular complexity index is 692. The van der Waals surface area contributed by atoms with Crippen molar-refractivity contribution < 1.29 is 4.79 Å². The highest BCUT2D eigenvalue weighted by molar-refractivity contribution is 5.92. The first kappa shape index (κ1) is 19.6. The zero-order valence-corrected chi connectivity index (χ0v) is 17.1. The highest BCUT2D eigenvalue weighted by atomic mass is 16.2. The van der Waals surface area contributed by atoms with Gasteiger partial charge in [0, 0.05) is 20.1 Å². The van der Waals surface area contributed by atoms with Gasteiger partial charge in [0.2, 0.25) is 5.91 Å². The molecule has 3 heteroatoms. The second-order valence-electron chi connectivity index (χ2n) is 8.14. The van der Waals surface area contributed by atoms with Crippen LogP contribution in [0.15, 0.2) is 60.7 Å². The fraction of sp³-hybridized carbons (Fsp3) is 0.458. The molecule has 1 amide bonds. The highest BCUT2D eigenvalue weighted by Crippen LogP contribution is 2.45. The summed E-state index contributed by atoms with van der Waals surface area (Å²) in [5, 5.41) is 0. The molecule has 1 saturated heterocycles. The predicted octanol–water partition coefficient (Wildman–Crippen LogP) is 4.18. The second kappa shape index (κ2) is 8.26. The molecule has 3 nitrogen and oxygen atoms in total. The third-order valence-corrected chi connectivity index (χ3v) is 6.07. The normalized spacial score (nSPS) is 16.5. The summed E-state index contributed by atoms with van der Waals surface area (Å²) in [6, 6.07) is 21.3. The summed E-state index contributed by atoms with van der Waals surface area (Å²) in [5.41, 5.74) is 1.59. The fourth-order valence-corrected chi connectivity index (χ4v) is 4.66. The van der Waals surface area contributed by atoms with Gasteiger partial charge in [-0.1, -0.05) is 60.7 Å². The van der Waals surface area contributed by atoms with Crippen LogP contribution in [0.25, 0.3) is 0 Å². The summed E-state index contributed by atoms with van der Waals surface area (Å²) in [6.07, 6.45) is 2.06. The zero-order valence-electron chi connectivity index (χ0n) is 17.1. The van der Waals surface area contributed by atoms with E-state index >= 15 is 0 Å². The van der Waals surface area contributed by atoms with Crippen LogP contribution in [-0.4, -0.2) is 48.9 Å². The first-order valence-corrected chi connectivity index (χ1v) is 10.0. The van der Waals surface area contributed by atoms with E-state index in [4.69, 9.17) is 0 Å². The van der Waals surface area contributed by atoms with E-state index in [0.717, 1.165) is 37.1 Å². The van der Waals surface area contributed by atoms with Crippen molar-refractivity contribution in [2.24, 2.45) is 5.92 Å². The topological polar surface area (TPSA) is 23.6 Å². The molecule has 1 aliphatic rings. The Kier molecular flexibility index (Phi) is 6.01. The first-order valence-electron chi connectivity index (χ1n) is 10.0. The lowest BCUT2D eigenvalue weighted by Gasteiger charge is -2.46. The maximum atomic E-state index is 13.8. The molecule has 0 spiro atoms. The summed E-state index contributed by atoms with van der Waals surface area (Å²) < 4.78 is 0. The second-order valence-corrected chi connectivity index (χ2v) is 8.14. The van der Waals surface area contributed by atoms with E-state index < -0.39 is 5.41 Å². The summed E-state index contributed by atoms with van der Waals surface area (Å²) in [4.78, 5) is 18.1. The van der Waals surface area contributed by atoms with Crippen LogP contribution in [-0.2, 0) is 10.2 Å². The number of hydrogen-bond donors (Lipinski definition) is 0. The molecule has 2 aromatic rings. The van der Waals surface area contributed by atoms with Crippen LogP contribution in [0.5, 0.6) is 0 Å². The largest absolute Gasteiger partial charge is 0.348 e. The number of amides is 1. The first-order chi connectivity index (χ1) is 13.0. The third-order valence-electron chi connectivity index (χ3n) is 6.07. The van der Waals surface area contributed by atoms with Crippen molar-refractivity contribution in [1.29, 1.82) is 0 Å². The average Bonchev–Trinajstić information content (AvgIpc) is 2.70. The Labute approximate surface area is 164 Å². The smallest absolute Gasteiger partial charge is 0.237 e. The highest BCUT2D eigenvalue weighted by Gasteiger charge is 2.49. The van der Waals surface area contributed by atoms with Gasteiger partial charge < -0.3 is 9.80 Å². The molecule has 0 radical (unpaired) electrons. The van der Waals surface area contributed by atoms with Gasteiger partial charge in [0.05, 0.1) is 0 Å². The molecule has 27 heavy (non-hydrogen) atoms. The molecule has 1 fully saturated rings. The number of piperidine rings is 1. The number of benzene rings is 2. The predicted molar refractivity (Wildman–Crippen MR) is 112 cm³/mol. The molecule has 1 heterocycles. The molecule has 0 bridgehead atoms. The van der Waals surface area contributed by atoms with Crippen molar-refractivity contribution in [3.05, 3.63) is 71.8 Å². The van der Waals surface area contributed by atoms with Crippen LogP contribution in [0, 0.1) is 5.92 Å². The third kappa shape index (κ3) is 3.66. The molecule has 0 saturated carbocycles. The summed E-state index contributed by atoms with van der Waals surface area (Å²) in [7, 11) is 3.76. The molecule has 144 valence electrons. The van der Waals surface area contributed by atoms with Crippen molar-refractivity contribution in [2.45, 2.75) is 38.1 Å². The molecule has 0 atom stereocenters. The minimum Gasteiger partial charge on any atom is -0.348 e. The summed E-state index contributed by atoms with van der Waals surface area (Å²) in [5.74, 6) is 0.468. The molecule has 3 rings (SSSR count). The van der Waals surface area contributed by atoms with Crippen molar-refractivity contribution in [2.75, 3.05) is 27.2 Å². The summed E-state index contributed by atoms with van der Waals surface area (Å²) in [6.45, 7) is 6.61. The number of likely N-dealkylation sites (tertiary alicyclic amines) is 1. The Morgan fingerprint density at radius 2 is 1.37 bits per heavy atom. The van der Waals surface area contributed by atoms with Gasteiger partial charge in [0.15, 0.2) is 0 Å². The van der Waals surface area contributed by atoms with Gasteiger partial charge in [-0.2, -0.15) is 0 Å². The minimum absolute atomic E-state index is 0.183. The minimum atomic E-state index is -0.630. The van der Waals surface area contributed by atoms with E-state index in [1.807, 2.05) is 26.2 Å². The number of nitrogens with zero attached hydrogens (tertiary/aromatic N) is 2. The standard InChI is InChI=1S/C24H32N2O/c1-19(2)26-17-15-22(16-18-26)24(23(27)25(3)4,20-11-7-5-8-12-20)21-13-9-6-10-14-21/h5-14,19,22H,15-18H2,1-4H3. The van der Waals surface area contributed by atoms with Gasteiger partial charge in [0.25, 0.3) is 0 Å². The summed E-state index contributed by atoms with van der Waals surface area (Å²) >= 11 is 0. The van der Waals surface area contributed by atoms with E-state index in [2.05, 4.69) is 67.3 Å². The Hall–Kier alpha value is -2.13. The maximum absolute atomic E-state index is 13.8. The average molecular weight is 365 g/mol. The monoisotopic (exact) mass is 364 g/mol. The van der Waals surface area contributed by atoms with Crippen molar-refractivity contribution in [3.8, 4) is 0 Å². The molecule has 0 unspecified atom stereocenters. The lowest BCUT2D eigenvalue weighted by molar-refractivity contribution is -0.136. The maximum Gasteiger partial charge on any atom is 0.237 e. The SMILES string of the molecule is CC(C)N1CCC(C(C(=O)N(C)C)(c2ccccc2)c2ccccc2)CC1. The molecule has 0 aromatic heterocycles. The van der Waals surface area contributed by atoms with E-state index in [9.17, 15) is 4.79 Å². The van der Waals surface area contributed by atoms with E-state index in [1.54, 1.807) is 4.90 Å². The molecular formula is C24H32N2O. The Balaban J connectivity index is 2.14. The van der Waals surface area contributed by atoms with Crippen molar-refractivity contribution in [1.82, 2.24) is 9.80 Å². The van der Waals surface area contributed by atoms with Gasteiger partial charge in [-0.25, -0.2) is 0 Å². The van der Waals surface area contributed by atoms with Crippen LogP contribution in [0.2, 0.25) is 0 Å². The van der Waals surface area contributed by atoms with Crippen LogP contribution in [0.3, 0.4) is 0 Å².